The third kappa shape index (κ3) is 2.47. The Labute approximate surface area is 158 Å². The second kappa shape index (κ2) is 6.17. The SMILES string of the molecule is COc1cc([C@@H]2c3c(n[nH]c3C)C(=O)N2c2ccc(Br)cc2)ccc1O. The number of aryl methyl sites for hydroxylation is 1. The van der Waals surface area contributed by atoms with E-state index < -0.39 is 0 Å². The maximum absolute atomic E-state index is 13.1. The first-order valence-corrected chi connectivity index (χ1v) is 8.81. The van der Waals surface area contributed by atoms with Crippen LogP contribution in [0.2, 0.25) is 0 Å². The van der Waals surface area contributed by atoms with Crippen molar-refractivity contribution in [3.8, 4) is 11.5 Å². The topological polar surface area (TPSA) is 78.5 Å². The van der Waals surface area contributed by atoms with Crippen LogP contribution < -0.4 is 9.64 Å². The molecule has 0 saturated carbocycles. The van der Waals surface area contributed by atoms with Crippen molar-refractivity contribution >= 4 is 27.5 Å². The van der Waals surface area contributed by atoms with Gasteiger partial charge in [0.15, 0.2) is 17.2 Å². The molecule has 0 saturated heterocycles. The molecule has 0 radical (unpaired) electrons. The molecule has 3 aromatic rings. The first-order chi connectivity index (χ1) is 12.5. The lowest BCUT2D eigenvalue weighted by Crippen LogP contribution is -2.29. The maximum atomic E-state index is 13.1. The van der Waals surface area contributed by atoms with Crippen LogP contribution in [-0.4, -0.2) is 28.3 Å². The quantitative estimate of drug-likeness (QED) is 0.681. The van der Waals surface area contributed by atoms with Gasteiger partial charge >= 0.3 is 0 Å². The largest absolute Gasteiger partial charge is 0.504 e. The van der Waals surface area contributed by atoms with E-state index in [2.05, 4.69) is 26.1 Å². The summed E-state index contributed by atoms with van der Waals surface area (Å²) >= 11 is 3.42. The lowest BCUT2D eigenvalue weighted by Gasteiger charge is -2.26. The molecule has 1 aromatic heterocycles. The zero-order valence-electron chi connectivity index (χ0n) is 14.2. The highest BCUT2D eigenvalue weighted by atomic mass is 79.9. The van der Waals surface area contributed by atoms with Crippen molar-refractivity contribution in [3.05, 3.63) is 69.5 Å². The Kier molecular flexibility index (Phi) is 3.96. The molecular formula is C19H16BrN3O3. The highest BCUT2D eigenvalue weighted by Crippen LogP contribution is 2.44. The van der Waals surface area contributed by atoms with Crippen LogP contribution in [0.5, 0.6) is 11.5 Å². The normalized spacial score (nSPS) is 16.0. The number of carbonyl (C=O) groups excluding carboxylic acids is 1. The number of H-pyrrole nitrogens is 1. The summed E-state index contributed by atoms with van der Waals surface area (Å²) in [5.41, 5.74) is 3.70. The number of nitrogens with zero attached hydrogens (tertiary/aromatic N) is 2. The molecule has 132 valence electrons. The van der Waals surface area contributed by atoms with E-state index in [1.807, 2.05) is 31.2 Å². The number of aromatic nitrogens is 2. The molecule has 1 amide bonds. The number of ether oxygens (including phenoxy) is 1. The van der Waals surface area contributed by atoms with Gasteiger partial charge in [0.25, 0.3) is 5.91 Å². The number of hydrogen-bond donors (Lipinski definition) is 2. The molecule has 2 N–H and O–H groups in total. The van der Waals surface area contributed by atoms with Gasteiger partial charge in [-0.05, 0) is 48.9 Å². The molecule has 0 spiro atoms. The molecule has 1 atom stereocenters. The number of carbonyl (C=O) groups is 1. The number of fused-ring (bicyclic) bond motifs is 1. The number of hydrogen-bond acceptors (Lipinski definition) is 4. The van der Waals surface area contributed by atoms with Gasteiger partial charge in [-0.25, -0.2) is 0 Å². The van der Waals surface area contributed by atoms with Crippen molar-refractivity contribution in [2.75, 3.05) is 12.0 Å². The minimum Gasteiger partial charge on any atom is -0.504 e. The van der Waals surface area contributed by atoms with Gasteiger partial charge in [-0.3, -0.25) is 14.8 Å². The summed E-state index contributed by atoms with van der Waals surface area (Å²) in [7, 11) is 1.50. The van der Waals surface area contributed by atoms with Gasteiger partial charge < -0.3 is 9.84 Å². The maximum Gasteiger partial charge on any atom is 0.279 e. The van der Waals surface area contributed by atoms with Gasteiger partial charge in [0.1, 0.15) is 0 Å². The fraction of sp³-hybridized carbons (Fsp3) is 0.158. The highest BCUT2D eigenvalue weighted by Gasteiger charge is 2.42. The molecule has 0 fully saturated rings. The minimum atomic E-state index is -0.355. The van der Waals surface area contributed by atoms with Crippen molar-refractivity contribution in [2.45, 2.75) is 13.0 Å². The first kappa shape index (κ1) is 16.7. The fourth-order valence-electron chi connectivity index (χ4n) is 3.34. The van der Waals surface area contributed by atoms with Crippen LogP contribution >= 0.6 is 15.9 Å². The number of rotatable bonds is 3. The molecule has 4 rings (SSSR count). The fourth-order valence-corrected chi connectivity index (χ4v) is 3.61. The number of phenolic OH excluding ortho intramolecular Hbond substituents is 1. The van der Waals surface area contributed by atoms with Gasteiger partial charge in [-0.2, -0.15) is 5.10 Å². The summed E-state index contributed by atoms with van der Waals surface area (Å²) in [6.07, 6.45) is 0. The van der Waals surface area contributed by atoms with Crippen LogP contribution in [0.4, 0.5) is 5.69 Å². The van der Waals surface area contributed by atoms with Crippen molar-refractivity contribution in [3.63, 3.8) is 0 Å². The lowest BCUT2D eigenvalue weighted by atomic mass is 9.98. The summed E-state index contributed by atoms with van der Waals surface area (Å²) in [5.74, 6) is 0.254. The average molecular weight is 414 g/mol. The molecule has 6 nitrogen and oxygen atoms in total. The van der Waals surface area contributed by atoms with E-state index in [0.29, 0.717) is 11.4 Å². The number of methoxy groups -OCH3 is 1. The lowest BCUT2D eigenvalue weighted by molar-refractivity contribution is 0.0988. The molecule has 7 heteroatoms. The van der Waals surface area contributed by atoms with Crippen LogP contribution in [0.3, 0.4) is 0 Å². The monoisotopic (exact) mass is 413 g/mol. The number of phenols is 1. The Morgan fingerprint density at radius 2 is 1.96 bits per heavy atom. The molecule has 0 unspecified atom stereocenters. The Morgan fingerprint density at radius 3 is 2.65 bits per heavy atom. The third-order valence-electron chi connectivity index (χ3n) is 4.57. The van der Waals surface area contributed by atoms with E-state index in [1.165, 1.54) is 7.11 Å². The molecule has 0 aliphatic carbocycles. The van der Waals surface area contributed by atoms with Crippen molar-refractivity contribution in [1.82, 2.24) is 10.2 Å². The molecule has 1 aliphatic rings. The van der Waals surface area contributed by atoms with Crippen molar-refractivity contribution in [1.29, 1.82) is 0 Å². The molecule has 1 aliphatic heterocycles. The predicted octanol–water partition coefficient (Wildman–Crippen LogP) is 3.94. The summed E-state index contributed by atoms with van der Waals surface area (Å²) < 4.78 is 6.18. The predicted molar refractivity (Wildman–Crippen MR) is 101 cm³/mol. The summed E-state index contributed by atoms with van der Waals surface area (Å²) in [6.45, 7) is 1.90. The molecular weight excluding hydrogens is 398 g/mol. The van der Waals surface area contributed by atoms with E-state index in [-0.39, 0.29) is 17.7 Å². The van der Waals surface area contributed by atoms with Crippen molar-refractivity contribution in [2.24, 2.45) is 0 Å². The third-order valence-corrected chi connectivity index (χ3v) is 5.10. The minimum absolute atomic E-state index is 0.0555. The van der Waals surface area contributed by atoms with Crippen LogP contribution in [-0.2, 0) is 0 Å². The second-order valence-corrected chi connectivity index (χ2v) is 7.01. The zero-order chi connectivity index (χ0) is 18.4. The van der Waals surface area contributed by atoms with Gasteiger partial charge in [0.2, 0.25) is 0 Å². The van der Waals surface area contributed by atoms with Crippen LogP contribution in [0.15, 0.2) is 46.9 Å². The number of aromatic hydroxyl groups is 1. The molecule has 0 bridgehead atoms. The zero-order valence-corrected chi connectivity index (χ0v) is 15.7. The van der Waals surface area contributed by atoms with E-state index in [4.69, 9.17) is 4.74 Å². The number of benzene rings is 2. The number of aromatic amines is 1. The summed E-state index contributed by atoms with van der Waals surface area (Å²) in [4.78, 5) is 14.8. The second-order valence-electron chi connectivity index (χ2n) is 6.10. The van der Waals surface area contributed by atoms with E-state index in [9.17, 15) is 9.90 Å². The van der Waals surface area contributed by atoms with Gasteiger partial charge in [0, 0.05) is 21.4 Å². The molecule has 26 heavy (non-hydrogen) atoms. The number of halogens is 1. The molecule has 2 heterocycles. The Balaban J connectivity index is 1.91. The molecule has 2 aromatic carbocycles. The van der Waals surface area contributed by atoms with Crippen LogP contribution in [0.25, 0.3) is 0 Å². The summed E-state index contributed by atoms with van der Waals surface area (Å²) in [6, 6.07) is 12.3. The van der Waals surface area contributed by atoms with Gasteiger partial charge in [-0.1, -0.05) is 22.0 Å². The number of amides is 1. The highest BCUT2D eigenvalue weighted by molar-refractivity contribution is 9.10. The Morgan fingerprint density at radius 1 is 1.23 bits per heavy atom. The Bertz CT molecular complexity index is 998. The van der Waals surface area contributed by atoms with E-state index in [1.54, 1.807) is 23.1 Å². The van der Waals surface area contributed by atoms with Crippen molar-refractivity contribution < 1.29 is 14.6 Å². The Hall–Kier alpha value is -2.80. The van der Waals surface area contributed by atoms with E-state index in [0.717, 1.165) is 27.0 Å². The van der Waals surface area contributed by atoms with Gasteiger partial charge in [-0.15, -0.1) is 0 Å². The van der Waals surface area contributed by atoms with Crippen LogP contribution in [0, 0.1) is 6.92 Å². The van der Waals surface area contributed by atoms with Crippen LogP contribution in [0.1, 0.15) is 33.4 Å². The smallest absolute Gasteiger partial charge is 0.279 e. The number of anilines is 1. The van der Waals surface area contributed by atoms with E-state index >= 15 is 0 Å². The average Bonchev–Trinajstić information content (AvgIpc) is 3.15. The standard InChI is InChI=1S/C19H16BrN3O3/c1-10-16-17(22-21-10)19(25)23(13-6-4-12(20)5-7-13)18(16)11-3-8-14(24)15(9-11)26-2/h3-9,18,24H,1-2H3,(H,21,22)/t18-/m1/s1. The number of nitrogens with one attached hydrogen (secondary N) is 1. The summed E-state index contributed by atoms with van der Waals surface area (Å²) in [5, 5.41) is 17.0. The first-order valence-electron chi connectivity index (χ1n) is 8.02. The van der Waals surface area contributed by atoms with Gasteiger partial charge in [0.05, 0.1) is 13.2 Å².